The Labute approximate surface area is 236 Å². The monoisotopic (exact) mass is 540 g/mol. The van der Waals surface area contributed by atoms with Crippen LogP contribution in [0, 0.1) is 18.3 Å². The summed E-state index contributed by atoms with van der Waals surface area (Å²) in [6.07, 6.45) is 1.95. The molecule has 2 atom stereocenters. The number of nitrogens with zero attached hydrogens (tertiary/aromatic N) is 2. The third kappa shape index (κ3) is 5.01. The van der Waals surface area contributed by atoms with Crippen molar-refractivity contribution >= 4 is 34.1 Å². The lowest BCUT2D eigenvalue weighted by molar-refractivity contribution is -0.145. The summed E-state index contributed by atoms with van der Waals surface area (Å²) < 4.78 is 5.61. The lowest BCUT2D eigenvalue weighted by Crippen LogP contribution is -2.54. The highest BCUT2D eigenvalue weighted by Gasteiger charge is 2.60. The van der Waals surface area contributed by atoms with Crippen LogP contribution in [0.3, 0.4) is 0 Å². The molecule has 4 aromatic rings. The molecule has 210 valence electrons. The van der Waals surface area contributed by atoms with Gasteiger partial charge in [-0.15, -0.1) is 0 Å². The average molecular weight is 541 g/mol. The Morgan fingerprint density at radius 3 is 2.38 bits per heavy atom. The average Bonchev–Trinajstić information content (AvgIpc) is 3.28. The largest absolute Gasteiger partial charge is 0.467 e. The number of para-hydroxylation sites is 1. The van der Waals surface area contributed by atoms with Gasteiger partial charge < -0.3 is 24.5 Å². The number of H-pyrrole nitrogens is 1. The fourth-order valence-corrected chi connectivity index (χ4v) is 6.10. The van der Waals surface area contributed by atoms with Crippen molar-refractivity contribution < 1.29 is 14.0 Å². The summed E-state index contributed by atoms with van der Waals surface area (Å²) in [5.74, 6) is 0.755. The van der Waals surface area contributed by atoms with Crippen molar-refractivity contribution in [1.82, 2.24) is 9.88 Å². The van der Waals surface area contributed by atoms with Crippen molar-refractivity contribution in [3.63, 3.8) is 0 Å². The Morgan fingerprint density at radius 2 is 1.73 bits per heavy atom. The zero-order chi connectivity index (χ0) is 28.8. The lowest BCUT2D eigenvalue weighted by atomic mass is 9.98. The van der Waals surface area contributed by atoms with Gasteiger partial charge >= 0.3 is 0 Å². The van der Waals surface area contributed by atoms with Crippen molar-refractivity contribution in [3.05, 3.63) is 83.9 Å². The van der Waals surface area contributed by atoms with Gasteiger partial charge in [0.2, 0.25) is 11.8 Å². The summed E-state index contributed by atoms with van der Waals surface area (Å²) in [6, 6.07) is 19.7. The maximum Gasteiger partial charge on any atom is 0.249 e. The number of aryl methyl sites for hydroxylation is 1. The van der Waals surface area contributed by atoms with E-state index in [4.69, 9.17) is 4.42 Å². The van der Waals surface area contributed by atoms with Gasteiger partial charge in [0.05, 0.1) is 12.8 Å². The van der Waals surface area contributed by atoms with Gasteiger partial charge in [-0.25, -0.2) is 0 Å². The van der Waals surface area contributed by atoms with Crippen LogP contribution in [-0.4, -0.2) is 41.3 Å². The van der Waals surface area contributed by atoms with Crippen LogP contribution in [0.5, 0.6) is 0 Å². The number of benzene rings is 2. The van der Waals surface area contributed by atoms with E-state index in [9.17, 15) is 9.59 Å². The van der Waals surface area contributed by atoms with Gasteiger partial charge in [-0.3, -0.25) is 9.59 Å². The topological polar surface area (TPSA) is 81.6 Å². The van der Waals surface area contributed by atoms with Gasteiger partial charge in [0.25, 0.3) is 0 Å². The molecule has 1 aliphatic rings. The zero-order valence-corrected chi connectivity index (χ0v) is 24.5. The van der Waals surface area contributed by atoms with Crippen molar-refractivity contribution in [2.45, 2.75) is 59.0 Å². The Morgan fingerprint density at radius 1 is 1.02 bits per heavy atom. The molecule has 0 bridgehead atoms. The van der Waals surface area contributed by atoms with E-state index in [1.54, 1.807) is 31.1 Å². The number of aromatic amines is 1. The molecule has 7 nitrogen and oxygen atoms in total. The van der Waals surface area contributed by atoms with E-state index in [2.05, 4.69) is 49.3 Å². The first kappa shape index (κ1) is 27.6. The van der Waals surface area contributed by atoms with Crippen LogP contribution in [0.1, 0.15) is 57.1 Å². The van der Waals surface area contributed by atoms with Crippen LogP contribution >= 0.6 is 0 Å². The highest BCUT2D eigenvalue weighted by atomic mass is 16.3. The number of fused-ring (bicyclic) bond motifs is 1. The van der Waals surface area contributed by atoms with E-state index in [1.165, 1.54) is 10.9 Å². The van der Waals surface area contributed by atoms with Gasteiger partial charge in [0.15, 0.2) is 0 Å². The minimum atomic E-state index is -1.12. The van der Waals surface area contributed by atoms with Crippen LogP contribution in [0.15, 0.2) is 71.3 Å². The maximum atomic E-state index is 14.1. The zero-order valence-electron chi connectivity index (χ0n) is 24.5. The number of rotatable bonds is 9. The van der Waals surface area contributed by atoms with Crippen molar-refractivity contribution in [2.24, 2.45) is 11.3 Å². The third-order valence-electron chi connectivity index (χ3n) is 8.77. The van der Waals surface area contributed by atoms with Crippen LogP contribution in [0.25, 0.3) is 10.9 Å². The number of hydrogen-bond acceptors (Lipinski definition) is 4. The van der Waals surface area contributed by atoms with Crippen LogP contribution in [0.4, 0.5) is 11.4 Å². The molecule has 0 aliphatic heterocycles. The van der Waals surface area contributed by atoms with E-state index < -0.39 is 5.54 Å². The fraction of sp³-hybridized carbons (Fsp3) is 0.394. The molecule has 7 heteroatoms. The second-order valence-electron chi connectivity index (χ2n) is 12.3. The first-order valence-electron chi connectivity index (χ1n) is 13.9. The predicted molar refractivity (Wildman–Crippen MR) is 160 cm³/mol. The van der Waals surface area contributed by atoms with Crippen LogP contribution < -0.4 is 10.2 Å². The predicted octanol–water partition coefficient (Wildman–Crippen LogP) is 6.71. The Bertz CT molecular complexity index is 1510. The number of nitrogens with one attached hydrogen (secondary N) is 2. The molecule has 2 amide bonds. The first-order valence-corrected chi connectivity index (χ1v) is 13.9. The van der Waals surface area contributed by atoms with Crippen LogP contribution in [0.2, 0.25) is 0 Å². The number of aromatic nitrogens is 1. The highest BCUT2D eigenvalue weighted by molar-refractivity contribution is 6.00. The second-order valence-corrected chi connectivity index (χ2v) is 12.3. The fourth-order valence-electron chi connectivity index (χ4n) is 6.10. The summed E-state index contributed by atoms with van der Waals surface area (Å²) in [7, 11) is 3.95. The minimum absolute atomic E-state index is 0.0394. The van der Waals surface area contributed by atoms with Gasteiger partial charge in [0, 0.05) is 48.5 Å². The highest BCUT2D eigenvalue weighted by Crippen LogP contribution is 2.67. The molecule has 0 unspecified atom stereocenters. The molecule has 1 fully saturated rings. The second kappa shape index (κ2) is 10.2. The number of carbonyl (C=O) groups excluding carboxylic acids is 2. The van der Waals surface area contributed by atoms with E-state index in [1.807, 2.05) is 55.4 Å². The summed E-state index contributed by atoms with van der Waals surface area (Å²) >= 11 is 0. The molecule has 2 heterocycles. The molecule has 2 aromatic carbocycles. The summed E-state index contributed by atoms with van der Waals surface area (Å²) in [4.78, 5) is 34.9. The Hall–Kier alpha value is -4.00. The van der Waals surface area contributed by atoms with Crippen molar-refractivity contribution in [1.29, 1.82) is 0 Å². The molecule has 1 aliphatic carbocycles. The van der Waals surface area contributed by atoms with Gasteiger partial charge in [-0.1, -0.05) is 32.0 Å². The molecule has 0 saturated heterocycles. The summed E-state index contributed by atoms with van der Waals surface area (Å²) in [6.45, 7) is 10.4. The van der Waals surface area contributed by atoms with Gasteiger partial charge in [-0.2, -0.15) is 0 Å². The van der Waals surface area contributed by atoms with Crippen LogP contribution in [-0.2, 0) is 16.1 Å². The van der Waals surface area contributed by atoms with E-state index in [-0.39, 0.29) is 35.6 Å². The molecule has 0 radical (unpaired) electrons. The van der Waals surface area contributed by atoms with Gasteiger partial charge in [-0.05, 0) is 86.1 Å². The normalized spacial score (nSPS) is 18.0. The molecule has 1 saturated carbocycles. The standard InChI is InChI=1S/C33H40N4O3/c1-21-29(25-12-8-9-13-27(25)34-21)30-26(32(30,2)3)19-28(38)37(20-24-11-10-18-40-24)33(4,5)31(39)35-22-14-16-23(17-15-22)36(6)7/h8-18,26,30,34H,19-20H2,1-7H3,(H,35,39)/t26-,30+/m0/s1. The summed E-state index contributed by atoms with van der Waals surface area (Å²) in [5, 5.41) is 4.24. The molecule has 2 N–H and O–H groups in total. The van der Waals surface area contributed by atoms with E-state index >= 15 is 0 Å². The number of amides is 2. The van der Waals surface area contributed by atoms with Crippen molar-refractivity contribution in [3.8, 4) is 0 Å². The third-order valence-corrected chi connectivity index (χ3v) is 8.77. The van der Waals surface area contributed by atoms with Crippen molar-refractivity contribution in [2.75, 3.05) is 24.3 Å². The molecular formula is C33H40N4O3. The summed E-state index contributed by atoms with van der Waals surface area (Å²) in [5.41, 5.74) is 4.15. The quantitative estimate of drug-likeness (QED) is 0.247. The van der Waals surface area contributed by atoms with E-state index in [0.29, 0.717) is 17.9 Å². The van der Waals surface area contributed by atoms with Gasteiger partial charge in [0.1, 0.15) is 11.3 Å². The maximum absolute atomic E-state index is 14.1. The number of anilines is 2. The first-order chi connectivity index (χ1) is 18.9. The Kier molecular flexibility index (Phi) is 7.02. The molecule has 2 aromatic heterocycles. The Balaban J connectivity index is 1.38. The molecular weight excluding hydrogens is 500 g/mol. The van der Waals surface area contributed by atoms with E-state index in [0.717, 1.165) is 16.9 Å². The number of hydrogen-bond donors (Lipinski definition) is 2. The SMILES string of the molecule is Cc1[nH]c2ccccc2c1[C@H]1[C@H](CC(=O)N(Cc2ccco2)C(C)(C)C(=O)Nc2ccc(N(C)C)cc2)C1(C)C. The minimum Gasteiger partial charge on any atom is -0.467 e. The number of carbonyl (C=O) groups is 2. The molecule has 40 heavy (non-hydrogen) atoms. The number of furan rings is 1. The molecule has 5 rings (SSSR count). The molecule has 0 spiro atoms. The lowest BCUT2D eigenvalue weighted by Gasteiger charge is -2.37. The smallest absolute Gasteiger partial charge is 0.249 e.